The van der Waals surface area contributed by atoms with Crippen LogP contribution in [0.5, 0.6) is 5.75 Å². The zero-order valence-corrected chi connectivity index (χ0v) is 18.4. The summed E-state index contributed by atoms with van der Waals surface area (Å²) in [7, 11) is -1.97. The number of benzene rings is 2. The molecule has 31 heavy (non-hydrogen) atoms. The number of aromatic nitrogens is 2. The van der Waals surface area contributed by atoms with Crippen LogP contribution in [0.15, 0.2) is 40.9 Å². The van der Waals surface area contributed by atoms with Crippen molar-refractivity contribution in [3.05, 3.63) is 47.5 Å². The second kappa shape index (κ2) is 8.29. The van der Waals surface area contributed by atoms with E-state index in [9.17, 15) is 8.42 Å². The minimum atomic E-state index is -3.79. The van der Waals surface area contributed by atoms with Crippen LogP contribution in [0.4, 0.5) is 5.69 Å². The first-order valence-electron chi connectivity index (χ1n) is 10.00. The van der Waals surface area contributed by atoms with E-state index in [1.165, 1.54) is 0 Å². The van der Waals surface area contributed by atoms with Crippen LogP contribution in [0.3, 0.4) is 0 Å². The Bertz CT molecular complexity index is 1210. The fourth-order valence-corrected chi connectivity index (χ4v) is 4.49. The summed E-state index contributed by atoms with van der Waals surface area (Å²) in [6, 6.07) is 10.9. The van der Waals surface area contributed by atoms with Crippen LogP contribution in [0, 0.1) is 0 Å². The molecule has 10 heteroatoms. The quantitative estimate of drug-likeness (QED) is 0.511. The van der Waals surface area contributed by atoms with Gasteiger partial charge in [0.15, 0.2) is 0 Å². The summed E-state index contributed by atoms with van der Waals surface area (Å²) in [6.45, 7) is 3.94. The SMILES string of the molecule is CNc1cc(-c2nc(-c3cccc4c3CC[C@@H]4NS(N)(=O)=O)no2)ccc1OC(C)C. The Morgan fingerprint density at radius 1 is 1.26 bits per heavy atom. The van der Waals surface area contributed by atoms with Crippen molar-refractivity contribution in [3.63, 3.8) is 0 Å². The smallest absolute Gasteiger partial charge is 0.274 e. The van der Waals surface area contributed by atoms with Gasteiger partial charge in [-0.25, -0.2) is 5.14 Å². The van der Waals surface area contributed by atoms with Gasteiger partial charge in [-0.3, -0.25) is 0 Å². The van der Waals surface area contributed by atoms with Gasteiger partial charge in [0.25, 0.3) is 16.1 Å². The van der Waals surface area contributed by atoms with E-state index in [0.29, 0.717) is 24.6 Å². The Morgan fingerprint density at radius 2 is 2.06 bits per heavy atom. The van der Waals surface area contributed by atoms with Crippen LogP contribution < -0.4 is 19.9 Å². The predicted molar refractivity (Wildman–Crippen MR) is 118 cm³/mol. The Labute approximate surface area is 181 Å². The Morgan fingerprint density at radius 3 is 2.77 bits per heavy atom. The maximum atomic E-state index is 11.5. The number of anilines is 1. The summed E-state index contributed by atoms with van der Waals surface area (Å²) >= 11 is 0. The van der Waals surface area contributed by atoms with Crippen LogP contribution in [-0.2, 0) is 16.6 Å². The summed E-state index contributed by atoms with van der Waals surface area (Å²) in [4.78, 5) is 4.58. The maximum absolute atomic E-state index is 11.5. The first kappa shape index (κ1) is 21.3. The molecule has 1 atom stereocenters. The highest BCUT2D eigenvalue weighted by molar-refractivity contribution is 7.87. The topological polar surface area (TPSA) is 132 Å². The van der Waals surface area contributed by atoms with E-state index in [-0.39, 0.29) is 12.1 Å². The van der Waals surface area contributed by atoms with E-state index < -0.39 is 10.2 Å². The van der Waals surface area contributed by atoms with Crippen molar-refractivity contribution in [1.82, 2.24) is 14.9 Å². The molecule has 0 amide bonds. The molecule has 0 fully saturated rings. The Balaban J connectivity index is 1.65. The van der Waals surface area contributed by atoms with E-state index in [2.05, 4.69) is 20.2 Å². The van der Waals surface area contributed by atoms with Crippen LogP contribution in [-0.4, -0.2) is 31.7 Å². The lowest BCUT2D eigenvalue weighted by Crippen LogP contribution is -2.33. The molecule has 9 nitrogen and oxygen atoms in total. The molecule has 4 rings (SSSR count). The minimum Gasteiger partial charge on any atom is -0.489 e. The van der Waals surface area contributed by atoms with Crippen molar-refractivity contribution < 1.29 is 17.7 Å². The van der Waals surface area contributed by atoms with E-state index in [4.69, 9.17) is 14.4 Å². The van der Waals surface area contributed by atoms with Crippen molar-refractivity contribution in [2.24, 2.45) is 5.14 Å². The molecule has 0 bridgehead atoms. The van der Waals surface area contributed by atoms with Crippen LogP contribution in [0.1, 0.15) is 37.4 Å². The van der Waals surface area contributed by atoms with Crippen molar-refractivity contribution in [2.75, 3.05) is 12.4 Å². The lowest BCUT2D eigenvalue weighted by Gasteiger charge is -2.14. The van der Waals surface area contributed by atoms with Crippen LogP contribution >= 0.6 is 0 Å². The number of fused-ring (bicyclic) bond motifs is 1. The number of hydrogen-bond donors (Lipinski definition) is 3. The third kappa shape index (κ3) is 4.55. The average molecular weight is 444 g/mol. The lowest BCUT2D eigenvalue weighted by atomic mass is 10.0. The monoisotopic (exact) mass is 443 g/mol. The van der Waals surface area contributed by atoms with Gasteiger partial charge in [0.05, 0.1) is 11.8 Å². The standard InChI is InChI=1S/C21H25N5O4S/c1-12(2)29-19-10-7-13(11-18(19)23-3)21-24-20(25-30-21)16-6-4-5-15-14(16)8-9-17(15)26-31(22,27)28/h4-7,10-12,17,23,26H,8-9H2,1-3H3,(H2,22,27,28)/t17-/m0/s1. The zero-order valence-electron chi connectivity index (χ0n) is 17.5. The minimum absolute atomic E-state index is 0.0562. The molecule has 2 aromatic carbocycles. The third-order valence-corrected chi connectivity index (χ3v) is 5.72. The van der Waals surface area contributed by atoms with Gasteiger partial charge < -0.3 is 14.6 Å². The first-order valence-corrected chi connectivity index (χ1v) is 11.5. The number of ether oxygens (including phenoxy) is 1. The van der Waals surface area contributed by atoms with Gasteiger partial charge in [0.2, 0.25) is 5.82 Å². The molecule has 0 unspecified atom stereocenters. The fraction of sp³-hybridized carbons (Fsp3) is 0.333. The number of nitrogens with one attached hydrogen (secondary N) is 2. The molecule has 0 saturated carbocycles. The van der Waals surface area contributed by atoms with Crippen LogP contribution in [0.2, 0.25) is 0 Å². The van der Waals surface area contributed by atoms with Crippen molar-refractivity contribution in [3.8, 4) is 28.6 Å². The second-order valence-corrected chi connectivity index (χ2v) is 9.00. The largest absolute Gasteiger partial charge is 0.489 e. The van der Waals surface area contributed by atoms with Crippen molar-refractivity contribution >= 4 is 15.9 Å². The van der Waals surface area contributed by atoms with E-state index in [1.54, 1.807) is 0 Å². The molecule has 164 valence electrons. The van der Waals surface area contributed by atoms with Gasteiger partial charge in [-0.1, -0.05) is 23.4 Å². The van der Waals surface area contributed by atoms with Gasteiger partial charge >= 0.3 is 0 Å². The highest BCUT2D eigenvalue weighted by Gasteiger charge is 2.28. The molecule has 0 saturated heterocycles. The third-order valence-electron chi connectivity index (χ3n) is 5.10. The van der Waals surface area contributed by atoms with Gasteiger partial charge in [-0.05, 0) is 56.0 Å². The van der Waals surface area contributed by atoms with Gasteiger partial charge in [0.1, 0.15) is 5.75 Å². The zero-order chi connectivity index (χ0) is 22.2. The van der Waals surface area contributed by atoms with Gasteiger partial charge in [-0.15, -0.1) is 0 Å². The number of nitrogens with two attached hydrogens (primary N) is 1. The van der Waals surface area contributed by atoms with E-state index in [1.807, 2.05) is 57.3 Å². The molecule has 0 aliphatic heterocycles. The molecular weight excluding hydrogens is 418 g/mol. The van der Waals surface area contributed by atoms with Gasteiger partial charge in [-0.2, -0.15) is 18.1 Å². The fourth-order valence-electron chi connectivity index (χ4n) is 3.85. The molecule has 1 aliphatic rings. The molecule has 1 aliphatic carbocycles. The summed E-state index contributed by atoms with van der Waals surface area (Å²) in [5.74, 6) is 1.59. The summed E-state index contributed by atoms with van der Waals surface area (Å²) in [5.41, 5.74) is 4.28. The Kier molecular flexibility index (Phi) is 5.69. The summed E-state index contributed by atoms with van der Waals surface area (Å²) < 4.78 is 36.7. The van der Waals surface area contributed by atoms with Crippen molar-refractivity contribution in [1.29, 1.82) is 0 Å². The predicted octanol–water partition coefficient (Wildman–Crippen LogP) is 3.01. The highest BCUT2D eigenvalue weighted by Crippen LogP contribution is 2.38. The maximum Gasteiger partial charge on any atom is 0.274 e. The average Bonchev–Trinajstić information content (AvgIpc) is 3.34. The molecule has 3 aromatic rings. The molecule has 1 heterocycles. The van der Waals surface area contributed by atoms with E-state index in [0.717, 1.165) is 33.7 Å². The summed E-state index contributed by atoms with van der Waals surface area (Å²) in [5, 5.41) is 12.4. The number of rotatable bonds is 7. The van der Waals surface area contributed by atoms with Crippen LogP contribution in [0.25, 0.3) is 22.8 Å². The molecular formula is C21H25N5O4S. The highest BCUT2D eigenvalue weighted by atomic mass is 32.2. The molecule has 0 radical (unpaired) electrons. The second-order valence-electron chi connectivity index (χ2n) is 7.68. The Hall–Kier alpha value is -2.95. The molecule has 0 spiro atoms. The van der Waals surface area contributed by atoms with Gasteiger partial charge in [0, 0.05) is 24.2 Å². The lowest BCUT2D eigenvalue weighted by molar-refractivity contribution is 0.243. The molecule has 1 aromatic heterocycles. The summed E-state index contributed by atoms with van der Waals surface area (Å²) in [6.07, 6.45) is 1.37. The number of hydrogen-bond acceptors (Lipinski definition) is 7. The normalized spacial score (nSPS) is 15.8. The van der Waals surface area contributed by atoms with E-state index >= 15 is 0 Å². The first-order chi connectivity index (χ1) is 14.7. The van der Waals surface area contributed by atoms with Crippen molar-refractivity contribution in [2.45, 2.75) is 38.8 Å². The number of nitrogens with zero attached hydrogens (tertiary/aromatic N) is 2. The molecule has 4 N–H and O–H groups in total.